The van der Waals surface area contributed by atoms with E-state index in [1.165, 1.54) is 20.3 Å². The Morgan fingerprint density at radius 3 is 2.32 bits per heavy atom. The topological polar surface area (TPSA) is 82.5 Å². The second kappa shape index (κ2) is 8.04. The van der Waals surface area contributed by atoms with Gasteiger partial charge in [0.2, 0.25) is 10.0 Å². The van der Waals surface area contributed by atoms with E-state index < -0.39 is 16.1 Å². The summed E-state index contributed by atoms with van der Waals surface area (Å²) in [6, 6.07) is 10.3. The predicted molar refractivity (Wildman–Crippen MR) is 107 cm³/mol. The first-order valence-corrected chi connectivity index (χ1v) is 10.2. The van der Waals surface area contributed by atoms with Crippen LogP contribution < -0.4 is 14.2 Å². The SMILES string of the molecule is COc1cc(S(=O)(=O)N[C@@H](C)c2ccc(-n3ccnc3)cc2)c(OC)cc1C. The van der Waals surface area contributed by atoms with Crippen molar-refractivity contribution >= 4 is 10.0 Å². The molecular weight excluding hydrogens is 378 g/mol. The van der Waals surface area contributed by atoms with Crippen molar-refractivity contribution in [2.24, 2.45) is 0 Å². The molecule has 0 radical (unpaired) electrons. The van der Waals surface area contributed by atoms with E-state index in [1.807, 2.05) is 42.0 Å². The van der Waals surface area contributed by atoms with E-state index in [9.17, 15) is 8.42 Å². The van der Waals surface area contributed by atoms with Crippen molar-refractivity contribution < 1.29 is 17.9 Å². The minimum Gasteiger partial charge on any atom is -0.496 e. The fourth-order valence-electron chi connectivity index (χ4n) is 2.94. The first-order valence-electron chi connectivity index (χ1n) is 8.69. The highest BCUT2D eigenvalue weighted by Gasteiger charge is 2.24. The predicted octanol–water partition coefficient (Wildman–Crippen LogP) is 3.24. The van der Waals surface area contributed by atoms with E-state index in [1.54, 1.807) is 25.5 Å². The van der Waals surface area contributed by atoms with Crippen LogP contribution in [0.15, 0.2) is 60.0 Å². The number of rotatable bonds is 7. The minimum absolute atomic E-state index is 0.0411. The number of nitrogens with zero attached hydrogens (tertiary/aromatic N) is 2. The molecule has 0 aliphatic carbocycles. The van der Waals surface area contributed by atoms with Crippen LogP contribution in [0.3, 0.4) is 0 Å². The van der Waals surface area contributed by atoms with Crippen LogP contribution in [0.4, 0.5) is 0 Å². The molecule has 0 aliphatic heterocycles. The van der Waals surface area contributed by atoms with Crippen LogP contribution in [-0.2, 0) is 10.0 Å². The molecule has 0 bridgehead atoms. The van der Waals surface area contributed by atoms with E-state index in [-0.39, 0.29) is 10.6 Å². The number of benzene rings is 2. The van der Waals surface area contributed by atoms with Crippen LogP contribution in [0, 0.1) is 6.92 Å². The summed E-state index contributed by atoms with van der Waals surface area (Å²) in [7, 11) is -0.877. The molecule has 0 unspecified atom stereocenters. The largest absolute Gasteiger partial charge is 0.496 e. The first-order chi connectivity index (χ1) is 13.4. The molecule has 0 fully saturated rings. The van der Waals surface area contributed by atoms with E-state index in [0.29, 0.717) is 5.75 Å². The average Bonchev–Trinajstić information content (AvgIpc) is 3.22. The van der Waals surface area contributed by atoms with E-state index in [2.05, 4.69) is 9.71 Å². The molecule has 1 atom stereocenters. The highest BCUT2D eigenvalue weighted by molar-refractivity contribution is 7.89. The Hall–Kier alpha value is -2.84. The Balaban J connectivity index is 1.86. The lowest BCUT2D eigenvalue weighted by Crippen LogP contribution is -2.27. The quantitative estimate of drug-likeness (QED) is 0.657. The standard InChI is InChI=1S/C20H23N3O4S/c1-14-11-19(27-4)20(12-18(14)26-3)28(24,25)22-15(2)16-5-7-17(8-6-16)23-10-9-21-13-23/h5-13,15,22H,1-4H3/t15-/m0/s1. The van der Waals surface area contributed by atoms with Crippen molar-refractivity contribution in [1.82, 2.24) is 14.3 Å². The van der Waals surface area contributed by atoms with Gasteiger partial charge in [-0.15, -0.1) is 0 Å². The molecular formula is C20H23N3O4S. The Kier molecular flexibility index (Phi) is 5.71. The maximum absolute atomic E-state index is 13.0. The van der Waals surface area contributed by atoms with Crippen LogP contribution in [0.5, 0.6) is 11.5 Å². The molecule has 2 aromatic carbocycles. The molecule has 0 amide bonds. The summed E-state index contributed by atoms with van der Waals surface area (Å²) >= 11 is 0. The summed E-state index contributed by atoms with van der Waals surface area (Å²) in [5.74, 6) is 0.756. The van der Waals surface area contributed by atoms with Gasteiger partial charge in [0.15, 0.2) is 0 Å². The first kappa shape index (κ1) is 19.9. The van der Waals surface area contributed by atoms with Crippen LogP contribution in [0.1, 0.15) is 24.1 Å². The van der Waals surface area contributed by atoms with Gasteiger partial charge in [0, 0.05) is 30.2 Å². The molecule has 0 spiro atoms. The summed E-state index contributed by atoms with van der Waals surface area (Å²) in [5.41, 5.74) is 2.58. The number of nitrogens with one attached hydrogen (secondary N) is 1. The highest BCUT2D eigenvalue weighted by Crippen LogP contribution is 2.32. The number of ether oxygens (including phenoxy) is 2. The molecule has 8 heteroatoms. The van der Waals surface area contributed by atoms with Gasteiger partial charge in [0.1, 0.15) is 16.4 Å². The highest BCUT2D eigenvalue weighted by atomic mass is 32.2. The fraction of sp³-hybridized carbons (Fsp3) is 0.250. The zero-order chi connectivity index (χ0) is 20.3. The van der Waals surface area contributed by atoms with E-state index >= 15 is 0 Å². The van der Waals surface area contributed by atoms with Crippen molar-refractivity contribution in [3.05, 3.63) is 66.2 Å². The molecule has 7 nitrogen and oxygen atoms in total. The van der Waals surface area contributed by atoms with Crippen molar-refractivity contribution in [1.29, 1.82) is 0 Å². The third kappa shape index (κ3) is 4.02. The zero-order valence-electron chi connectivity index (χ0n) is 16.2. The smallest absolute Gasteiger partial charge is 0.244 e. The monoisotopic (exact) mass is 401 g/mol. The van der Waals surface area contributed by atoms with Crippen LogP contribution in [0.25, 0.3) is 5.69 Å². The number of hydrogen-bond acceptors (Lipinski definition) is 5. The lowest BCUT2D eigenvalue weighted by molar-refractivity contribution is 0.389. The van der Waals surface area contributed by atoms with Crippen LogP contribution in [-0.4, -0.2) is 32.2 Å². The Bertz CT molecular complexity index is 1050. The van der Waals surface area contributed by atoms with Gasteiger partial charge < -0.3 is 14.0 Å². The molecule has 28 heavy (non-hydrogen) atoms. The molecule has 1 N–H and O–H groups in total. The summed E-state index contributed by atoms with van der Waals surface area (Å²) in [4.78, 5) is 4.06. The molecule has 1 heterocycles. The van der Waals surface area contributed by atoms with Crippen LogP contribution in [0.2, 0.25) is 0 Å². The number of hydrogen-bond donors (Lipinski definition) is 1. The summed E-state index contributed by atoms with van der Waals surface area (Å²) in [5, 5.41) is 0. The maximum Gasteiger partial charge on any atom is 0.244 e. The van der Waals surface area contributed by atoms with Crippen LogP contribution >= 0.6 is 0 Å². The summed E-state index contributed by atoms with van der Waals surface area (Å²) in [6.45, 7) is 3.62. The second-order valence-corrected chi connectivity index (χ2v) is 8.06. The fourth-order valence-corrected chi connectivity index (χ4v) is 4.34. The molecule has 1 aromatic heterocycles. The summed E-state index contributed by atoms with van der Waals surface area (Å²) in [6.07, 6.45) is 5.25. The maximum atomic E-state index is 13.0. The van der Waals surface area contributed by atoms with Gasteiger partial charge in [0.25, 0.3) is 0 Å². The molecule has 0 saturated carbocycles. The zero-order valence-corrected chi connectivity index (χ0v) is 17.0. The molecule has 3 rings (SSSR count). The Labute approximate surface area is 165 Å². The van der Waals surface area contributed by atoms with Crippen molar-refractivity contribution in [2.45, 2.75) is 24.8 Å². The lowest BCUT2D eigenvalue weighted by Gasteiger charge is -2.18. The molecule has 0 saturated heterocycles. The van der Waals surface area contributed by atoms with E-state index in [0.717, 1.165) is 16.8 Å². The minimum atomic E-state index is -3.82. The van der Waals surface area contributed by atoms with Gasteiger partial charge >= 0.3 is 0 Å². The molecule has 148 valence electrons. The summed E-state index contributed by atoms with van der Waals surface area (Å²) < 4.78 is 41.1. The Morgan fingerprint density at radius 2 is 1.75 bits per heavy atom. The van der Waals surface area contributed by atoms with Crippen molar-refractivity contribution in [2.75, 3.05) is 14.2 Å². The molecule has 3 aromatic rings. The molecule has 0 aliphatic rings. The third-order valence-corrected chi connectivity index (χ3v) is 6.06. The third-order valence-electron chi connectivity index (χ3n) is 4.50. The number of methoxy groups -OCH3 is 2. The van der Waals surface area contributed by atoms with Gasteiger partial charge in [-0.05, 0) is 43.2 Å². The number of aryl methyl sites for hydroxylation is 1. The van der Waals surface area contributed by atoms with E-state index in [4.69, 9.17) is 9.47 Å². The van der Waals surface area contributed by atoms with Gasteiger partial charge in [0.05, 0.1) is 20.5 Å². The van der Waals surface area contributed by atoms with Crippen molar-refractivity contribution in [3.8, 4) is 17.2 Å². The number of sulfonamides is 1. The number of aromatic nitrogens is 2. The lowest BCUT2D eigenvalue weighted by atomic mass is 10.1. The van der Waals surface area contributed by atoms with Gasteiger partial charge in [-0.3, -0.25) is 0 Å². The number of imidazole rings is 1. The van der Waals surface area contributed by atoms with Gasteiger partial charge in [-0.25, -0.2) is 18.1 Å². The Morgan fingerprint density at radius 1 is 1.07 bits per heavy atom. The van der Waals surface area contributed by atoms with Gasteiger partial charge in [-0.2, -0.15) is 0 Å². The van der Waals surface area contributed by atoms with Crippen molar-refractivity contribution in [3.63, 3.8) is 0 Å². The average molecular weight is 401 g/mol. The van der Waals surface area contributed by atoms with Gasteiger partial charge in [-0.1, -0.05) is 12.1 Å². The second-order valence-electron chi connectivity index (χ2n) is 6.38. The normalized spacial score (nSPS) is 12.6.